The molecule has 1 unspecified atom stereocenters. The molecule has 1 N–H and O–H groups in total. The largest absolute Gasteiger partial charge is 0.366 e. The first-order valence-corrected chi connectivity index (χ1v) is 6.87. The summed E-state index contributed by atoms with van der Waals surface area (Å²) in [7, 11) is 1.91. The van der Waals surface area contributed by atoms with E-state index in [4.69, 9.17) is 0 Å². The van der Waals surface area contributed by atoms with Crippen molar-refractivity contribution in [3.63, 3.8) is 0 Å². The molecule has 110 valence electrons. The maximum absolute atomic E-state index is 13.6. The molecule has 20 heavy (non-hydrogen) atoms. The normalized spacial score (nSPS) is 19.1. The molecule has 1 heterocycles. The van der Waals surface area contributed by atoms with Gasteiger partial charge in [-0.2, -0.15) is 0 Å². The number of hydrogen-bond acceptors (Lipinski definition) is 4. The Hall–Kier alpha value is -1.69. The van der Waals surface area contributed by atoms with Gasteiger partial charge < -0.3 is 10.2 Å². The highest BCUT2D eigenvalue weighted by atomic mass is 19.1. The highest BCUT2D eigenvalue weighted by Crippen LogP contribution is 2.33. The van der Waals surface area contributed by atoms with Gasteiger partial charge in [-0.3, -0.25) is 10.1 Å². The topological polar surface area (TPSA) is 58.4 Å². The number of benzene rings is 1. The molecule has 1 aromatic carbocycles. The Morgan fingerprint density at radius 3 is 2.95 bits per heavy atom. The fraction of sp³-hybridized carbons (Fsp3) is 0.571. The van der Waals surface area contributed by atoms with Gasteiger partial charge in [0.15, 0.2) is 0 Å². The lowest BCUT2D eigenvalue weighted by atomic mass is 9.97. The minimum atomic E-state index is -0.524. The molecule has 1 aliphatic heterocycles. The van der Waals surface area contributed by atoms with Gasteiger partial charge in [0.2, 0.25) is 0 Å². The molecular formula is C14H20FN3O2. The average molecular weight is 281 g/mol. The standard InChI is InChI=1S/C14H20FN3O2/c1-10-6-13(14(18(19)20)7-12(10)15)17-5-3-4-11(9-17)8-16-2/h6-7,11,16H,3-5,8-9H2,1-2H3. The van der Waals surface area contributed by atoms with Gasteiger partial charge in [-0.05, 0) is 50.9 Å². The van der Waals surface area contributed by atoms with E-state index in [0.29, 0.717) is 17.2 Å². The van der Waals surface area contributed by atoms with E-state index < -0.39 is 10.7 Å². The van der Waals surface area contributed by atoms with Crippen molar-refractivity contribution in [2.75, 3.05) is 31.6 Å². The number of halogens is 1. The second kappa shape index (κ2) is 6.17. The third-order valence-corrected chi connectivity index (χ3v) is 3.80. The SMILES string of the molecule is CNCC1CCCN(c2cc(C)c(F)cc2[N+](=O)[O-])C1. The maximum Gasteiger partial charge on any atom is 0.295 e. The minimum Gasteiger partial charge on any atom is -0.366 e. The van der Waals surface area contributed by atoms with E-state index in [-0.39, 0.29) is 5.69 Å². The monoisotopic (exact) mass is 281 g/mol. The summed E-state index contributed by atoms with van der Waals surface area (Å²) >= 11 is 0. The van der Waals surface area contributed by atoms with Gasteiger partial charge in [-0.1, -0.05) is 0 Å². The van der Waals surface area contributed by atoms with Crippen LogP contribution in [0.1, 0.15) is 18.4 Å². The van der Waals surface area contributed by atoms with Gasteiger partial charge in [0, 0.05) is 13.1 Å². The molecule has 5 nitrogen and oxygen atoms in total. The summed E-state index contributed by atoms with van der Waals surface area (Å²) < 4.78 is 13.6. The highest BCUT2D eigenvalue weighted by molar-refractivity contribution is 5.65. The quantitative estimate of drug-likeness (QED) is 0.680. The van der Waals surface area contributed by atoms with E-state index in [9.17, 15) is 14.5 Å². The van der Waals surface area contributed by atoms with Gasteiger partial charge in [0.05, 0.1) is 11.0 Å². The van der Waals surface area contributed by atoms with Crippen LogP contribution in [-0.4, -0.2) is 31.6 Å². The van der Waals surface area contributed by atoms with Crippen LogP contribution < -0.4 is 10.2 Å². The smallest absolute Gasteiger partial charge is 0.295 e. The first kappa shape index (κ1) is 14.7. The number of nitro groups is 1. The second-order valence-electron chi connectivity index (χ2n) is 5.36. The van der Waals surface area contributed by atoms with Gasteiger partial charge in [0.25, 0.3) is 5.69 Å². The van der Waals surface area contributed by atoms with Crippen LogP contribution in [0.25, 0.3) is 0 Å². The highest BCUT2D eigenvalue weighted by Gasteiger charge is 2.26. The van der Waals surface area contributed by atoms with Crippen molar-refractivity contribution in [2.45, 2.75) is 19.8 Å². The summed E-state index contributed by atoms with van der Waals surface area (Å²) in [5.41, 5.74) is 0.842. The number of hydrogen-bond donors (Lipinski definition) is 1. The Balaban J connectivity index is 2.31. The molecular weight excluding hydrogens is 261 g/mol. The molecule has 0 spiro atoms. The molecule has 1 fully saturated rings. The Kier molecular flexibility index (Phi) is 4.54. The molecule has 0 aliphatic carbocycles. The lowest BCUT2D eigenvalue weighted by Gasteiger charge is -2.34. The number of rotatable bonds is 4. The summed E-state index contributed by atoms with van der Waals surface area (Å²) in [4.78, 5) is 12.6. The number of nitrogens with one attached hydrogen (secondary N) is 1. The third-order valence-electron chi connectivity index (χ3n) is 3.80. The molecule has 0 radical (unpaired) electrons. The van der Waals surface area contributed by atoms with Gasteiger partial charge in [-0.25, -0.2) is 4.39 Å². The third kappa shape index (κ3) is 3.07. The van der Waals surface area contributed by atoms with Gasteiger partial charge >= 0.3 is 0 Å². The Labute approximate surface area is 117 Å². The predicted octanol–water partition coefficient (Wildman–Crippen LogP) is 2.48. The van der Waals surface area contributed by atoms with Crippen LogP contribution in [0.3, 0.4) is 0 Å². The molecule has 0 saturated carbocycles. The van der Waals surface area contributed by atoms with Gasteiger partial charge in [0.1, 0.15) is 11.5 Å². The number of anilines is 1. The molecule has 0 amide bonds. The molecule has 1 saturated heterocycles. The maximum atomic E-state index is 13.6. The first-order valence-electron chi connectivity index (χ1n) is 6.87. The fourth-order valence-electron chi connectivity index (χ4n) is 2.79. The molecule has 2 rings (SSSR count). The van der Waals surface area contributed by atoms with E-state index in [1.54, 1.807) is 13.0 Å². The van der Waals surface area contributed by atoms with E-state index in [1.807, 2.05) is 11.9 Å². The van der Waals surface area contributed by atoms with Crippen LogP contribution in [0.15, 0.2) is 12.1 Å². The minimum absolute atomic E-state index is 0.141. The van der Waals surface area contributed by atoms with E-state index in [1.165, 1.54) is 0 Å². The fourth-order valence-corrected chi connectivity index (χ4v) is 2.79. The lowest BCUT2D eigenvalue weighted by Crippen LogP contribution is -2.39. The van der Waals surface area contributed by atoms with Crippen molar-refractivity contribution in [3.05, 3.63) is 33.6 Å². The van der Waals surface area contributed by atoms with Crippen LogP contribution >= 0.6 is 0 Å². The van der Waals surface area contributed by atoms with Crippen molar-refractivity contribution < 1.29 is 9.31 Å². The zero-order valence-electron chi connectivity index (χ0n) is 11.9. The van der Waals surface area contributed by atoms with Crippen molar-refractivity contribution in [1.29, 1.82) is 0 Å². The van der Waals surface area contributed by atoms with Crippen molar-refractivity contribution in [2.24, 2.45) is 5.92 Å². The number of nitrogens with zero attached hydrogens (tertiary/aromatic N) is 2. The molecule has 0 aromatic heterocycles. The number of nitro benzene ring substituents is 1. The van der Waals surface area contributed by atoms with Crippen LogP contribution in [0, 0.1) is 28.8 Å². The first-order chi connectivity index (χ1) is 9.52. The Bertz CT molecular complexity index is 505. The zero-order valence-corrected chi connectivity index (χ0v) is 11.9. The summed E-state index contributed by atoms with van der Waals surface area (Å²) in [6.45, 7) is 4.08. The van der Waals surface area contributed by atoms with Crippen LogP contribution in [0.5, 0.6) is 0 Å². The van der Waals surface area contributed by atoms with E-state index >= 15 is 0 Å². The summed E-state index contributed by atoms with van der Waals surface area (Å²) in [5.74, 6) is -0.0528. The van der Waals surface area contributed by atoms with Crippen molar-refractivity contribution >= 4 is 11.4 Å². The zero-order chi connectivity index (χ0) is 14.7. The summed E-state index contributed by atoms with van der Waals surface area (Å²) in [6, 6.07) is 2.63. The molecule has 0 bridgehead atoms. The lowest BCUT2D eigenvalue weighted by molar-refractivity contribution is -0.384. The Morgan fingerprint density at radius 1 is 1.55 bits per heavy atom. The van der Waals surface area contributed by atoms with E-state index in [2.05, 4.69) is 5.32 Å². The predicted molar refractivity (Wildman–Crippen MR) is 76.7 cm³/mol. The molecule has 6 heteroatoms. The Morgan fingerprint density at radius 2 is 2.30 bits per heavy atom. The number of piperidine rings is 1. The summed E-state index contributed by atoms with van der Waals surface area (Å²) in [6.07, 6.45) is 2.12. The van der Waals surface area contributed by atoms with Crippen molar-refractivity contribution in [3.8, 4) is 0 Å². The second-order valence-corrected chi connectivity index (χ2v) is 5.36. The van der Waals surface area contributed by atoms with Gasteiger partial charge in [-0.15, -0.1) is 0 Å². The number of aryl methyl sites for hydroxylation is 1. The van der Waals surface area contributed by atoms with Crippen molar-refractivity contribution in [1.82, 2.24) is 5.32 Å². The molecule has 1 atom stereocenters. The average Bonchev–Trinajstić information content (AvgIpc) is 2.42. The molecule has 1 aromatic rings. The summed E-state index contributed by atoms with van der Waals surface area (Å²) in [5, 5.41) is 14.3. The van der Waals surface area contributed by atoms with E-state index in [0.717, 1.165) is 38.5 Å². The van der Waals surface area contributed by atoms with Crippen LogP contribution in [-0.2, 0) is 0 Å². The molecule has 1 aliphatic rings. The van der Waals surface area contributed by atoms with Crippen LogP contribution in [0.4, 0.5) is 15.8 Å². The van der Waals surface area contributed by atoms with Crippen LogP contribution in [0.2, 0.25) is 0 Å².